The number of hydrogen-bond acceptors (Lipinski definition) is 7. The number of fused-ring (bicyclic) bond motifs is 2. The minimum Gasteiger partial charge on any atom is -0.395 e. The van der Waals surface area contributed by atoms with Gasteiger partial charge in [-0.25, -0.2) is 9.67 Å². The SMILES string of the molecule is O=C(Cn1nc(-c2ccc(N3CCCC3)cc2)c2[nH]cnc2c1=O)N(c1ccc2c(c1)OC(F)(F)O2)C1CC1. The number of rotatable bonds is 6. The number of halogens is 2. The summed E-state index contributed by atoms with van der Waals surface area (Å²) in [5.41, 5.74) is 2.97. The molecule has 0 radical (unpaired) electrons. The van der Waals surface area contributed by atoms with E-state index in [1.807, 2.05) is 24.3 Å². The number of benzene rings is 2. The van der Waals surface area contributed by atoms with E-state index >= 15 is 0 Å². The van der Waals surface area contributed by atoms with Gasteiger partial charge in [-0.15, -0.1) is 8.78 Å². The lowest BCUT2D eigenvalue weighted by Gasteiger charge is -2.23. The van der Waals surface area contributed by atoms with Crippen molar-refractivity contribution in [1.82, 2.24) is 19.7 Å². The van der Waals surface area contributed by atoms with E-state index in [9.17, 15) is 18.4 Å². The van der Waals surface area contributed by atoms with Crippen LogP contribution in [-0.4, -0.2) is 51.1 Å². The number of carbonyl (C=O) groups is 1. The zero-order chi connectivity index (χ0) is 26.7. The van der Waals surface area contributed by atoms with E-state index in [1.54, 1.807) is 0 Å². The first-order valence-electron chi connectivity index (χ1n) is 12.9. The Morgan fingerprint density at radius 2 is 1.82 bits per heavy atom. The average Bonchev–Trinajstić information content (AvgIpc) is 3.30. The molecule has 2 aromatic carbocycles. The summed E-state index contributed by atoms with van der Waals surface area (Å²) >= 11 is 0. The number of ether oxygens (including phenoxy) is 2. The molecule has 1 aliphatic carbocycles. The summed E-state index contributed by atoms with van der Waals surface area (Å²) in [5.74, 6) is -0.652. The zero-order valence-corrected chi connectivity index (χ0v) is 20.8. The molecular formula is C27H24F2N6O4. The van der Waals surface area contributed by atoms with Gasteiger partial charge >= 0.3 is 6.29 Å². The number of nitrogens with one attached hydrogen (secondary N) is 1. The smallest absolute Gasteiger partial charge is 0.395 e. The number of anilines is 2. The molecule has 12 heteroatoms. The van der Waals surface area contributed by atoms with Gasteiger partial charge in [-0.05, 0) is 49.9 Å². The molecule has 0 bridgehead atoms. The van der Waals surface area contributed by atoms with Crippen molar-refractivity contribution >= 4 is 28.3 Å². The molecule has 2 aromatic heterocycles. The first-order valence-corrected chi connectivity index (χ1v) is 12.9. The molecule has 3 aliphatic rings. The first kappa shape index (κ1) is 23.6. The van der Waals surface area contributed by atoms with Crippen LogP contribution in [0.25, 0.3) is 22.3 Å². The van der Waals surface area contributed by atoms with Crippen LogP contribution in [-0.2, 0) is 11.3 Å². The first-order chi connectivity index (χ1) is 18.9. The van der Waals surface area contributed by atoms with Crippen LogP contribution in [0.2, 0.25) is 0 Å². The Bertz CT molecular complexity index is 1640. The summed E-state index contributed by atoms with van der Waals surface area (Å²) in [4.78, 5) is 37.8. The van der Waals surface area contributed by atoms with Crippen LogP contribution in [0.15, 0.2) is 53.6 Å². The van der Waals surface area contributed by atoms with Gasteiger partial charge in [0, 0.05) is 42.1 Å². The number of aromatic amines is 1. The van der Waals surface area contributed by atoms with Gasteiger partial charge in [0.15, 0.2) is 17.0 Å². The summed E-state index contributed by atoms with van der Waals surface area (Å²) in [6.45, 7) is 1.71. The van der Waals surface area contributed by atoms with Crippen LogP contribution < -0.4 is 24.8 Å². The van der Waals surface area contributed by atoms with E-state index in [0.717, 1.165) is 41.9 Å². The fourth-order valence-electron chi connectivity index (χ4n) is 5.27. The molecule has 0 unspecified atom stereocenters. The highest BCUT2D eigenvalue weighted by molar-refractivity contribution is 5.95. The van der Waals surface area contributed by atoms with Crippen LogP contribution in [0.4, 0.5) is 20.2 Å². The van der Waals surface area contributed by atoms with E-state index in [0.29, 0.717) is 16.9 Å². The second kappa shape index (κ2) is 8.79. The molecule has 1 saturated carbocycles. The molecule has 1 N–H and O–H groups in total. The van der Waals surface area contributed by atoms with Gasteiger partial charge in [0.05, 0.1) is 11.8 Å². The highest BCUT2D eigenvalue weighted by Gasteiger charge is 2.44. The monoisotopic (exact) mass is 534 g/mol. The average molecular weight is 535 g/mol. The predicted octanol–water partition coefficient (Wildman–Crippen LogP) is 3.90. The lowest BCUT2D eigenvalue weighted by atomic mass is 10.1. The second-order valence-electron chi connectivity index (χ2n) is 9.97. The standard InChI is InChI=1S/C27H24F2N6O4/c28-27(29)38-20-10-9-19(13-21(20)39-27)35(18-7-8-18)22(36)14-34-26(37)25-24(30-15-31-25)23(32-34)16-3-5-17(6-4-16)33-11-1-2-12-33/h3-6,9-10,13,15,18H,1-2,7-8,11-12,14H2,(H,30,31). The number of nitrogens with zero attached hydrogens (tertiary/aromatic N) is 5. The molecule has 4 heterocycles. The number of amides is 1. The van der Waals surface area contributed by atoms with Crippen molar-refractivity contribution in [3.8, 4) is 22.8 Å². The fourth-order valence-corrected chi connectivity index (χ4v) is 5.27. The number of carbonyl (C=O) groups excluding carboxylic acids is 1. The molecule has 4 aromatic rings. The molecule has 0 spiro atoms. The molecule has 10 nitrogen and oxygen atoms in total. The van der Waals surface area contributed by atoms with Crippen molar-refractivity contribution in [3.63, 3.8) is 0 Å². The highest BCUT2D eigenvalue weighted by atomic mass is 19.3. The molecule has 1 amide bonds. The molecule has 1 saturated heterocycles. The minimum absolute atomic E-state index is 0.103. The third-order valence-corrected chi connectivity index (χ3v) is 7.27. The van der Waals surface area contributed by atoms with Crippen molar-refractivity contribution in [2.75, 3.05) is 22.9 Å². The maximum absolute atomic E-state index is 13.6. The summed E-state index contributed by atoms with van der Waals surface area (Å²) in [6.07, 6.45) is 1.54. The zero-order valence-electron chi connectivity index (χ0n) is 20.8. The van der Waals surface area contributed by atoms with Gasteiger partial charge in [-0.3, -0.25) is 9.59 Å². The van der Waals surface area contributed by atoms with Gasteiger partial charge in [-0.1, -0.05) is 12.1 Å². The largest absolute Gasteiger partial charge is 0.586 e. The van der Waals surface area contributed by atoms with Gasteiger partial charge in [-0.2, -0.15) is 5.10 Å². The Morgan fingerprint density at radius 3 is 2.56 bits per heavy atom. The summed E-state index contributed by atoms with van der Waals surface area (Å²) in [6, 6.07) is 12.1. The third-order valence-electron chi connectivity index (χ3n) is 7.27. The Kier molecular flexibility index (Phi) is 5.32. The van der Waals surface area contributed by atoms with E-state index in [-0.39, 0.29) is 29.6 Å². The van der Waals surface area contributed by atoms with Crippen molar-refractivity contribution in [1.29, 1.82) is 0 Å². The van der Waals surface area contributed by atoms with Crippen LogP contribution in [0.5, 0.6) is 11.5 Å². The predicted molar refractivity (Wildman–Crippen MR) is 138 cm³/mol. The summed E-state index contributed by atoms with van der Waals surface area (Å²) in [7, 11) is 0. The Hall–Kier alpha value is -4.48. The van der Waals surface area contributed by atoms with Gasteiger partial charge < -0.3 is 24.3 Å². The van der Waals surface area contributed by atoms with Crippen LogP contribution >= 0.6 is 0 Å². The van der Waals surface area contributed by atoms with Crippen LogP contribution in [0.1, 0.15) is 25.7 Å². The van der Waals surface area contributed by atoms with Crippen molar-refractivity contribution in [2.24, 2.45) is 0 Å². The molecular weight excluding hydrogens is 510 g/mol. The van der Waals surface area contributed by atoms with Crippen molar-refractivity contribution < 1.29 is 23.0 Å². The Balaban J connectivity index is 1.21. The van der Waals surface area contributed by atoms with Crippen molar-refractivity contribution in [3.05, 3.63) is 59.1 Å². The molecule has 39 heavy (non-hydrogen) atoms. The molecule has 7 rings (SSSR count). The Morgan fingerprint density at radius 1 is 1.08 bits per heavy atom. The quantitative estimate of drug-likeness (QED) is 0.400. The van der Waals surface area contributed by atoms with Gasteiger partial charge in [0.2, 0.25) is 5.91 Å². The van der Waals surface area contributed by atoms with E-state index in [2.05, 4.69) is 29.4 Å². The van der Waals surface area contributed by atoms with Crippen molar-refractivity contribution in [2.45, 2.75) is 44.6 Å². The van der Waals surface area contributed by atoms with Gasteiger partial charge in [0.1, 0.15) is 12.2 Å². The summed E-state index contributed by atoms with van der Waals surface area (Å²) in [5, 5.41) is 4.57. The van der Waals surface area contributed by atoms with Crippen LogP contribution in [0.3, 0.4) is 0 Å². The third kappa shape index (κ3) is 4.25. The number of imidazole rings is 1. The maximum atomic E-state index is 13.6. The number of H-pyrrole nitrogens is 1. The molecule has 2 fully saturated rings. The van der Waals surface area contributed by atoms with Crippen LogP contribution in [0, 0.1) is 0 Å². The number of alkyl halides is 2. The lowest BCUT2D eigenvalue weighted by molar-refractivity contribution is -0.286. The lowest BCUT2D eigenvalue weighted by Crippen LogP contribution is -2.39. The fraction of sp³-hybridized carbons (Fsp3) is 0.333. The van der Waals surface area contributed by atoms with E-state index in [4.69, 9.17) is 0 Å². The molecule has 200 valence electrons. The van der Waals surface area contributed by atoms with E-state index < -0.39 is 17.8 Å². The summed E-state index contributed by atoms with van der Waals surface area (Å²) < 4.78 is 37.2. The minimum atomic E-state index is -3.76. The topological polar surface area (TPSA) is 106 Å². The number of aromatic nitrogens is 4. The normalized spacial score (nSPS) is 17.6. The van der Waals surface area contributed by atoms with E-state index in [1.165, 1.54) is 42.3 Å². The highest BCUT2D eigenvalue weighted by Crippen LogP contribution is 2.44. The maximum Gasteiger partial charge on any atom is 0.586 e. The number of hydrogen-bond donors (Lipinski definition) is 1. The molecule has 2 aliphatic heterocycles. The van der Waals surface area contributed by atoms with Gasteiger partial charge in [0.25, 0.3) is 5.56 Å². The second-order valence-corrected chi connectivity index (χ2v) is 9.97. The Labute approximate surface area is 220 Å². The molecule has 0 atom stereocenters.